The van der Waals surface area contributed by atoms with Gasteiger partial charge < -0.3 is 19.9 Å². The largest absolute Gasteiger partial charge is 0.382 e. The van der Waals surface area contributed by atoms with Crippen LogP contribution in [0.4, 0.5) is 18.9 Å². The van der Waals surface area contributed by atoms with Crippen LogP contribution >= 0.6 is 11.8 Å². The quantitative estimate of drug-likeness (QED) is 0.284. The van der Waals surface area contributed by atoms with E-state index in [1.54, 1.807) is 31.2 Å². The second kappa shape index (κ2) is 12.4. The molecule has 1 aliphatic rings. The van der Waals surface area contributed by atoms with E-state index < -0.39 is 28.8 Å². The second-order valence-corrected chi connectivity index (χ2v) is 11.3. The minimum atomic E-state index is -1.74. The number of carbonyl (C=O) groups excluding carboxylic acids is 1. The number of halogens is 3. The first-order chi connectivity index (χ1) is 19.7. The van der Waals surface area contributed by atoms with Crippen molar-refractivity contribution < 1.29 is 32.5 Å². The molecule has 41 heavy (non-hydrogen) atoms. The minimum Gasteiger partial charge on any atom is -0.382 e. The van der Waals surface area contributed by atoms with Gasteiger partial charge in [-0.15, -0.1) is 11.8 Å². The third kappa shape index (κ3) is 6.79. The zero-order valence-electron chi connectivity index (χ0n) is 21.9. The summed E-state index contributed by atoms with van der Waals surface area (Å²) in [5.41, 5.74) is -0.176. The molecule has 4 aromatic rings. The number of rotatable bonds is 9. The zero-order valence-corrected chi connectivity index (χ0v) is 22.7. The highest BCUT2D eigenvalue weighted by atomic mass is 32.2. The van der Waals surface area contributed by atoms with Crippen LogP contribution in [0.15, 0.2) is 79.4 Å². The van der Waals surface area contributed by atoms with Gasteiger partial charge in [-0.25, -0.2) is 22.8 Å². The van der Waals surface area contributed by atoms with Crippen LogP contribution in [-0.4, -0.2) is 49.5 Å². The first kappa shape index (κ1) is 28.8. The van der Waals surface area contributed by atoms with Crippen molar-refractivity contribution in [3.05, 3.63) is 114 Å². The van der Waals surface area contributed by atoms with Crippen LogP contribution in [0, 0.1) is 17.5 Å². The van der Waals surface area contributed by atoms with E-state index in [0.29, 0.717) is 11.3 Å². The van der Waals surface area contributed by atoms with Gasteiger partial charge in [0.25, 0.3) is 5.91 Å². The van der Waals surface area contributed by atoms with Crippen molar-refractivity contribution in [3.63, 3.8) is 0 Å². The monoisotopic (exact) mass is 584 g/mol. The van der Waals surface area contributed by atoms with E-state index in [1.807, 2.05) is 0 Å². The van der Waals surface area contributed by atoms with Crippen molar-refractivity contribution >= 4 is 23.4 Å². The van der Waals surface area contributed by atoms with E-state index >= 15 is 0 Å². The molecule has 1 aliphatic heterocycles. The predicted molar refractivity (Wildman–Crippen MR) is 147 cm³/mol. The molecule has 0 saturated carbocycles. The molecule has 0 spiro atoms. The zero-order chi connectivity index (χ0) is 29.0. The van der Waals surface area contributed by atoms with Crippen LogP contribution < -0.4 is 5.32 Å². The molecule has 0 bridgehead atoms. The van der Waals surface area contributed by atoms with E-state index in [2.05, 4.69) is 15.4 Å². The van der Waals surface area contributed by atoms with Crippen molar-refractivity contribution in [1.82, 2.24) is 14.8 Å². The van der Waals surface area contributed by atoms with Gasteiger partial charge in [-0.2, -0.15) is 5.10 Å². The van der Waals surface area contributed by atoms with Crippen LogP contribution in [0.3, 0.4) is 0 Å². The Bertz CT molecular complexity index is 1470. The first-order valence-electron chi connectivity index (χ1n) is 12.8. The number of thioether (sulfide) groups is 1. The summed E-state index contributed by atoms with van der Waals surface area (Å²) in [5, 5.41) is 17.7. The molecule has 0 radical (unpaired) electrons. The highest BCUT2D eigenvalue weighted by Crippen LogP contribution is 2.39. The second-order valence-electron chi connectivity index (χ2n) is 9.62. The fraction of sp³-hybridized carbons (Fsp3) is 0.276. The summed E-state index contributed by atoms with van der Waals surface area (Å²) in [4.78, 5) is 16.4. The van der Waals surface area contributed by atoms with Crippen molar-refractivity contribution in [2.45, 2.75) is 35.9 Å². The van der Waals surface area contributed by atoms with Gasteiger partial charge >= 0.3 is 0 Å². The SMILES string of the molecule is CC(SC1COC(c2ccc(C(=O)Nc3ccc(F)cc3)cc2)OC1)C(O)(Cn1cncn1)c1ccc(F)cc1F. The maximum Gasteiger partial charge on any atom is 0.255 e. The number of aromatic nitrogens is 3. The molecule has 2 unspecified atom stereocenters. The van der Waals surface area contributed by atoms with Gasteiger partial charge in [0.05, 0.1) is 25.0 Å². The standard InChI is InChI=1S/C29H27F3N4O4S/c1-18(29(38,15-36-17-33-16-34-36)25-11-8-22(31)12-26(25)32)41-24-13-39-28(40-14-24)20-4-2-19(3-5-20)27(37)35-23-9-6-21(30)7-10-23/h2-12,16-18,24,28,38H,13-15H2,1H3,(H,35,37). The highest BCUT2D eigenvalue weighted by Gasteiger charge is 2.41. The Morgan fingerprint density at radius 3 is 2.39 bits per heavy atom. The van der Waals surface area contributed by atoms with E-state index in [9.17, 15) is 23.1 Å². The lowest BCUT2D eigenvalue weighted by molar-refractivity contribution is -0.180. The lowest BCUT2D eigenvalue weighted by atomic mass is 9.90. The summed E-state index contributed by atoms with van der Waals surface area (Å²) in [5.74, 6) is -2.32. The molecule has 2 atom stereocenters. The highest BCUT2D eigenvalue weighted by molar-refractivity contribution is 8.00. The predicted octanol–water partition coefficient (Wildman–Crippen LogP) is 5.07. The van der Waals surface area contributed by atoms with E-state index in [0.717, 1.165) is 17.7 Å². The molecule has 2 N–H and O–H groups in total. The van der Waals surface area contributed by atoms with Crippen molar-refractivity contribution in [2.24, 2.45) is 0 Å². The van der Waals surface area contributed by atoms with Gasteiger partial charge in [-0.05, 0) is 42.5 Å². The van der Waals surface area contributed by atoms with Crippen LogP contribution in [-0.2, 0) is 21.6 Å². The number of carbonyl (C=O) groups is 1. The molecule has 3 aromatic carbocycles. The van der Waals surface area contributed by atoms with Gasteiger partial charge in [0.15, 0.2) is 6.29 Å². The Hall–Kier alpha value is -3.71. The Morgan fingerprint density at radius 2 is 1.76 bits per heavy atom. The summed E-state index contributed by atoms with van der Waals surface area (Å²) in [6.07, 6.45) is 2.07. The van der Waals surface area contributed by atoms with Crippen LogP contribution in [0.1, 0.15) is 34.7 Å². The van der Waals surface area contributed by atoms with Crippen molar-refractivity contribution in [3.8, 4) is 0 Å². The molecule has 1 saturated heterocycles. The molecular formula is C29H27F3N4O4S. The fourth-order valence-electron chi connectivity index (χ4n) is 4.52. The summed E-state index contributed by atoms with van der Waals surface area (Å²) >= 11 is 1.36. The number of benzene rings is 3. The maximum atomic E-state index is 14.8. The summed E-state index contributed by atoms with van der Waals surface area (Å²) in [7, 11) is 0. The number of hydrogen-bond donors (Lipinski definition) is 2. The number of anilines is 1. The van der Waals surface area contributed by atoms with Gasteiger partial charge in [-0.1, -0.05) is 25.1 Å². The van der Waals surface area contributed by atoms with Gasteiger partial charge in [0, 0.05) is 33.7 Å². The van der Waals surface area contributed by atoms with Crippen molar-refractivity contribution in [2.75, 3.05) is 18.5 Å². The first-order valence-corrected chi connectivity index (χ1v) is 13.7. The summed E-state index contributed by atoms with van der Waals surface area (Å²) in [6, 6.07) is 15.3. The number of nitrogens with zero attached hydrogens (tertiary/aromatic N) is 3. The topological polar surface area (TPSA) is 98.5 Å². The third-order valence-corrected chi connectivity index (χ3v) is 8.21. The van der Waals surface area contributed by atoms with Crippen LogP contribution in [0.25, 0.3) is 0 Å². The molecule has 1 fully saturated rings. The minimum absolute atomic E-state index is 0.0477. The average molecular weight is 585 g/mol. The number of aliphatic hydroxyl groups is 1. The summed E-state index contributed by atoms with van der Waals surface area (Å²) < 4.78 is 54.8. The van der Waals surface area contributed by atoms with Gasteiger partial charge in [0.2, 0.25) is 0 Å². The molecule has 8 nitrogen and oxygen atoms in total. The Kier molecular flexibility index (Phi) is 8.74. The Labute approximate surface area is 238 Å². The van der Waals surface area contributed by atoms with Gasteiger partial charge in [0.1, 0.15) is 35.7 Å². The molecule has 0 aliphatic carbocycles. The third-order valence-electron chi connectivity index (χ3n) is 6.75. The number of amides is 1. The van der Waals surface area contributed by atoms with Crippen LogP contribution in [0.5, 0.6) is 0 Å². The van der Waals surface area contributed by atoms with E-state index in [4.69, 9.17) is 9.47 Å². The molecule has 12 heteroatoms. The number of ether oxygens (including phenoxy) is 2. The molecular weight excluding hydrogens is 557 g/mol. The van der Waals surface area contributed by atoms with Gasteiger partial charge in [-0.3, -0.25) is 4.79 Å². The lowest BCUT2D eigenvalue weighted by Gasteiger charge is -2.37. The van der Waals surface area contributed by atoms with E-state index in [1.165, 1.54) is 59.4 Å². The van der Waals surface area contributed by atoms with Crippen LogP contribution in [0.2, 0.25) is 0 Å². The average Bonchev–Trinajstić information content (AvgIpc) is 3.47. The smallest absolute Gasteiger partial charge is 0.255 e. The molecule has 2 heterocycles. The molecule has 1 aromatic heterocycles. The molecule has 214 valence electrons. The fourth-order valence-corrected chi connectivity index (χ4v) is 5.84. The summed E-state index contributed by atoms with van der Waals surface area (Å²) in [6.45, 7) is 2.24. The molecule has 5 rings (SSSR count). The number of nitrogens with one attached hydrogen (secondary N) is 1. The lowest BCUT2D eigenvalue weighted by Crippen LogP contribution is -2.43. The molecule has 1 amide bonds. The Balaban J connectivity index is 1.20. The van der Waals surface area contributed by atoms with Crippen molar-refractivity contribution in [1.29, 1.82) is 0 Å². The number of hydrogen-bond acceptors (Lipinski definition) is 7. The normalized spacial score (nSPS) is 19.3. The Morgan fingerprint density at radius 1 is 1.07 bits per heavy atom. The van der Waals surface area contributed by atoms with E-state index in [-0.39, 0.29) is 42.3 Å². The maximum absolute atomic E-state index is 14.8.